The first-order valence-corrected chi connectivity index (χ1v) is 11.7. The molecule has 1 aliphatic rings. The lowest BCUT2D eigenvalue weighted by atomic mass is 10.1. The molecule has 1 N–H and O–H groups in total. The number of Topliss-reactive ketones (excluding diaryl/α,β-unsaturated/α-hetero) is 1. The molecule has 1 atom stereocenters. The molecule has 0 unspecified atom stereocenters. The Hall–Kier alpha value is -3.73. The zero-order valence-electron chi connectivity index (χ0n) is 18.3. The number of ether oxygens (including phenoxy) is 1. The molecule has 9 nitrogen and oxygen atoms in total. The maximum atomic E-state index is 14.5. The molecule has 1 fully saturated rings. The highest BCUT2D eigenvalue weighted by Crippen LogP contribution is 2.25. The van der Waals surface area contributed by atoms with Gasteiger partial charge in [0, 0.05) is 23.3 Å². The van der Waals surface area contributed by atoms with Crippen LogP contribution < -0.4 is 10.2 Å². The highest BCUT2D eigenvalue weighted by atomic mass is 32.2. The number of nitrogens with one attached hydrogen (secondary N) is 1. The van der Waals surface area contributed by atoms with Crippen LogP contribution in [0.4, 0.5) is 14.9 Å². The van der Waals surface area contributed by atoms with Gasteiger partial charge in [-0.25, -0.2) is 18.9 Å². The lowest BCUT2D eigenvalue weighted by Crippen LogP contribution is -2.34. The first-order valence-electron chi connectivity index (χ1n) is 10.5. The van der Waals surface area contributed by atoms with Crippen molar-refractivity contribution in [3.8, 4) is 5.69 Å². The summed E-state index contributed by atoms with van der Waals surface area (Å²) in [6.07, 6.45) is 3.51. The number of hydrogen-bond acceptors (Lipinski definition) is 7. The molecule has 1 aromatic heterocycles. The lowest BCUT2D eigenvalue weighted by Gasteiger charge is -2.14. The molecule has 0 radical (unpaired) electrons. The van der Waals surface area contributed by atoms with Crippen LogP contribution in [-0.4, -0.2) is 58.0 Å². The molecule has 0 bridgehead atoms. The molecule has 11 heteroatoms. The number of carbonyl (C=O) groups excluding carboxylic acids is 3. The molecule has 2 amide bonds. The number of rotatable bonds is 9. The summed E-state index contributed by atoms with van der Waals surface area (Å²) in [6.45, 7) is 0.249. The van der Waals surface area contributed by atoms with Crippen molar-refractivity contribution >= 4 is 35.2 Å². The van der Waals surface area contributed by atoms with Crippen LogP contribution >= 0.6 is 11.8 Å². The largest absolute Gasteiger partial charge is 0.442 e. The smallest absolute Gasteiger partial charge is 0.414 e. The zero-order valence-corrected chi connectivity index (χ0v) is 19.1. The van der Waals surface area contributed by atoms with Crippen molar-refractivity contribution in [2.75, 3.05) is 24.2 Å². The van der Waals surface area contributed by atoms with Crippen molar-refractivity contribution in [1.82, 2.24) is 20.1 Å². The average Bonchev–Trinajstić information content (AvgIpc) is 3.51. The standard InChI is InChI=1S/C23H22FN5O4S/c1-34-18-5-2-15(3-6-18)21(30)8-9-22(31)26-11-17-12-28(23(32)33-17)16-4-7-20(19(24)10-16)29-14-25-13-27-29/h2-7,10,13-14,17H,8-9,11-12H2,1H3,(H,26,31)/t17-/m0/s1. The summed E-state index contributed by atoms with van der Waals surface area (Å²) in [5.41, 5.74) is 1.10. The molecule has 34 heavy (non-hydrogen) atoms. The van der Waals surface area contributed by atoms with Crippen LogP contribution in [-0.2, 0) is 9.53 Å². The van der Waals surface area contributed by atoms with E-state index >= 15 is 0 Å². The molecular weight excluding hydrogens is 461 g/mol. The van der Waals surface area contributed by atoms with Crippen molar-refractivity contribution in [1.29, 1.82) is 0 Å². The minimum atomic E-state index is -0.629. The molecule has 3 aromatic rings. The summed E-state index contributed by atoms with van der Waals surface area (Å²) in [5, 5.41) is 6.58. The molecular formula is C23H22FN5O4S. The average molecular weight is 484 g/mol. The van der Waals surface area contributed by atoms with E-state index in [0.717, 1.165) is 4.90 Å². The van der Waals surface area contributed by atoms with Crippen LogP contribution in [0, 0.1) is 5.82 Å². The minimum Gasteiger partial charge on any atom is -0.442 e. The Kier molecular flexibility index (Phi) is 7.21. The van der Waals surface area contributed by atoms with Crippen molar-refractivity contribution < 1.29 is 23.5 Å². The molecule has 1 saturated heterocycles. The number of nitrogens with zero attached hydrogens (tertiary/aromatic N) is 4. The third-order valence-electron chi connectivity index (χ3n) is 5.30. The predicted octanol–water partition coefficient (Wildman–Crippen LogP) is 3.23. The number of cyclic esters (lactones) is 1. The third kappa shape index (κ3) is 5.42. The fourth-order valence-corrected chi connectivity index (χ4v) is 3.89. The topological polar surface area (TPSA) is 106 Å². The van der Waals surface area contributed by atoms with E-state index in [4.69, 9.17) is 4.74 Å². The van der Waals surface area contributed by atoms with Crippen molar-refractivity contribution in [3.63, 3.8) is 0 Å². The number of ketones is 1. The van der Waals surface area contributed by atoms with Crippen molar-refractivity contribution in [2.45, 2.75) is 23.8 Å². The Labute approximate surface area is 199 Å². The number of thioether (sulfide) groups is 1. The SMILES string of the molecule is CSc1ccc(C(=O)CCC(=O)NC[C@H]2CN(c3ccc(-n4cncn4)c(F)c3)C(=O)O2)cc1. The number of aromatic nitrogens is 3. The van der Waals surface area contributed by atoms with Gasteiger partial charge < -0.3 is 10.1 Å². The molecule has 0 spiro atoms. The van der Waals surface area contributed by atoms with Crippen LogP contribution in [0.2, 0.25) is 0 Å². The summed E-state index contributed by atoms with van der Waals surface area (Å²) in [4.78, 5) is 42.9. The van der Waals surface area contributed by atoms with Gasteiger partial charge >= 0.3 is 6.09 Å². The summed E-state index contributed by atoms with van der Waals surface area (Å²) in [5.74, 6) is -0.996. The Morgan fingerprint density at radius 2 is 2.00 bits per heavy atom. The lowest BCUT2D eigenvalue weighted by molar-refractivity contribution is -0.121. The normalized spacial score (nSPS) is 15.3. The zero-order chi connectivity index (χ0) is 24.1. The van der Waals surface area contributed by atoms with Gasteiger partial charge in [0.15, 0.2) is 11.6 Å². The Balaban J connectivity index is 1.26. The number of anilines is 1. The number of halogens is 1. The van der Waals surface area contributed by atoms with Gasteiger partial charge in [-0.2, -0.15) is 5.10 Å². The van der Waals surface area contributed by atoms with Gasteiger partial charge in [0.25, 0.3) is 0 Å². The molecule has 2 aromatic carbocycles. The van der Waals surface area contributed by atoms with E-state index in [1.807, 2.05) is 18.4 Å². The Morgan fingerprint density at radius 3 is 2.68 bits per heavy atom. The van der Waals surface area contributed by atoms with E-state index in [2.05, 4.69) is 15.4 Å². The molecule has 176 valence electrons. The van der Waals surface area contributed by atoms with Gasteiger partial charge in [0.1, 0.15) is 24.4 Å². The van der Waals surface area contributed by atoms with E-state index in [1.54, 1.807) is 30.0 Å². The number of benzene rings is 2. The van der Waals surface area contributed by atoms with Crippen LogP contribution in [0.15, 0.2) is 60.0 Å². The third-order valence-corrected chi connectivity index (χ3v) is 6.04. The summed E-state index contributed by atoms with van der Waals surface area (Å²) < 4.78 is 21.1. The fourth-order valence-electron chi connectivity index (χ4n) is 3.49. The second kappa shape index (κ2) is 10.5. The number of hydrogen-bond donors (Lipinski definition) is 1. The van der Waals surface area contributed by atoms with Crippen LogP contribution in [0.3, 0.4) is 0 Å². The molecule has 4 rings (SSSR count). The maximum absolute atomic E-state index is 14.5. The summed E-state index contributed by atoms with van der Waals surface area (Å²) >= 11 is 1.59. The maximum Gasteiger partial charge on any atom is 0.414 e. The minimum absolute atomic E-state index is 0.0302. The fraction of sp³-hybridized carbons (Fsp3) is 0.261. The van der Waals surface area contributed by atoms with E-state index in [-0.39, 0.29) is 43.3 Å². The van der Waals surface area contributed by atoms with E-state index in [9.17, 15) is 18.8 Å². The Bertz CT molecular complexity index is 1190. The predicted molar refractivity (Wildman–Crippen MR) is 124 cm³/mol. The van der Waals surface area contributed by atoms with E-state index < -0.39 is 18.0 Å². The van der Waals surface area contributed by atoms with Gasteiger partial charge in [0.05, 0.1) is 18.8 Å². The van der Waals surface area contributed by atoms with Crippen molar-refractivity contribution in [3.05, 3.63) is 66.5 Å². The summed E-state index contributed by atoms with van der Waals surface area (Å²) in [7, 11) is 0. The number of carbonyl (C=O) groups is 3. The molecule has 0 aliphatic carbocycles. The summed E-state index contributed by atoms with van der Waals surface area (Å²) in [6, 6.07) is 11.5. The van der Waals surface area contributed by atoms with Gasteiger partial charge in [-0.3, -0.25) is 14.5 Å². The number of amides is 2. The first kappa shape index (κ1) is 23.4. The van der Waals surface area contributed by atoms with Gasteiger partial charge in [0.2, 0.25) is 5.91 Å². The molecule has 2 heterocycles. The second-order valence-corrected chi connectivity index (χ2v) is 8.43. The molecule has 0 saturated carbocycles. The van der Waals surface area contributed by atoms with Crippen molar-refractivity contribution in [2.24, 2.45) is 0 Å². The second-order valence-electron chi connectivity index (χ2n) is 7.55. The van der Waals surface area contributed by atoms with Gasteiger partial charge in [-0.1, -0.05) is 12.1 Å². The van der Waals surface area contributed by atoms with E-state index in [0.29, 0.717) is 11.3 Å². The van der Waals surface area contributed by atoms with Gasteiger partial charge in [-0.15, -0.1) is 11.8 Å². The van der Waals surface area contributed by atoms with Crippen LogP contribution in [0.5, 0.6) is 0 Å². The highest BCUT2D eigenvalue weighted by Gasteiger charge is 2.33. The quantitative estimate of drug-likeness (QED) is 0.368. The van der Waals surface area contributed by atoms with Gasteiger partial charge in [-0.05, 0) is 36.6 Å². The highest BCUT2D eigenvalue weighted by molar-refractivity contribution is 7.98. The van der Waals surface area contributed by atoms with E-state index in [1.165, 1.54) is 34.4 Å². The molecule has 1 aliphatic heterocycles. The van der Waals surface area contributed by atoms with Crippen LogP contribution in [0.1, 0.15) is 23.2 Å². The van der Waals surface area contributed by atoms with Crippen LogP contribution in [0.25, 0.3) is 5.69 Å². The first-order chi connectivity index (χ1) is 16.4. The Morgan fingerprint density at radius 1 is 1.21 bits per heavy atom. The monoisotopic (exact) mass is 483 g/mol.